The number of H-pyrrole nitrogens is 1. The minimum Gasteiger partial charge on any atom is -0.290 e. The maximum Gasteiger partial charge on any atom is 0.269 e. The van der Waals surface area contributed by atoms with Crippen molar-refractivity contribution in [1.82, 2.24) is 20.6 Å². The van der Waals surface area contributed by atoms with E-state index in [-0.39, 0.29) is 12.2 Å². The van der Waals surface area contributed by atoms with Gasteiger partial charge in [-0.1, -0.05) is 29.8 Å². The van der Waals surface area contributed by atoms with E-state index in [0.29, 0.717) is 0 Å². The highest BCUT2D eigenvalue weighted by Gasteiger charge is 2.21. The molecule has 0 spiro atoms. The van der Waals surface area contributed by atoms with Gasteiger partial charge in [0.05, 0.1) is 0 Å². The fraction of sp³-hybridized carbons (Fsp3) is 0.188. The van der Waals surface area contributed by atoms with E-state index in [9.17, 15) is 9.59 Å². The van der Waals surface area contributed by atoms with Crippen LogP contribution in [0.5, 0.6) is 0 Å². The number of ketones is 2. The largest absolute Gasteiger partial charge is 0.290 e. The van der Waals surface area contributed by atoms with Gasteiger partial charge in [0.15, 0.2) is 0 Å². The number of aromatic amines is 1. The Morgan fingerprint density at radius 3 is 2.65 bits per heavy atom. The first-order valence-electron chi connectivity index (χ1n) is 7.04. The van der Waals surface area contributed by atoms with Crippen LogP contribution >= 0.6 is 11.3 Å². The first-order chi connectivity index (χ1) is 11.1. The number of aryl methyl sites for hydroxylation is 1. The second-order valence-electron chi connectivity index (χ2n) is 5.25. The van der Waals surface area contributed by atoms with Gasteiger partial charge in [0.25, 0.3) is 5.78 Å². The van der Waals surface area contributed by atoms with E-state index < -0.39 is 11.6 Å². The third kappa shape index (κ3) is 3.75. The van der Waals surface area contributed by atoms with Crippen molar-refractivity contribution >= 4 is 22.9 Å². The molecule has 2 heterocycles. The van der Waals surface area contributed by atoms with Crippen LogP contribution < -0.4 is 0 Å². The number of hydrogen-bond acceptors (Lipinski definition) is 6. The number of Topliss-reactive ketones (excluding diaryl/α,β-unsaturated/α-hetero) is 2. The van der Waals surface area contributed by atoms with E-state index in [4.69, 9.17) is 0 Å². The molecule has 3 rings (SSSR count). The van der Waals surface area contributed by atoms with Gasteiger partial charge >= 0.3 is 0 Å². The maximum absolute atomic E-state index is 12.0. The van der Waals surface area contributed by atoms with E-state index in [0.717, 1.165) is 16.9 Å². The molecule has 0 aliphatic heterocycles. The van der Waals surface area contributed by atoms with Crippen LogP contribution in [0.15, 0.2) is 35.7 Å². The van der Waals surface area contributed by atoms with E-state index in [1.807, 2.05) is 11.4 Å². The lowest BCUT2D eigenvalue weighted by Gasteiger charge is -1.99. The Kier molecular flexibility index (Phi) is 4.38. The minimum absolute atomic E-state index is 0.0614. The van der Waals surface area contributed by atoms with Crippen molar-refractivity contribution in [2.45, 2.75) is 19.8 Å². The predicted molar refractivity (Wildman–Crippen MR) is 85.5 cm³/mol. The summed E-state index contributed by atoms with van der Waals surface area (Å²) in [6.45, 7) is 2.05. The second-order valence-corrected chi connectivity index (χ2v) is 6.24. The predicted octanol–water partition coefficient (Wildman–Crippen LogP) is 2.15. The molecule has 0 bridgehead atoms. The van der Waals surface area contributed by atoms with Crippen LogP contribution in [0.1, 0.15) is 32.2 Å². The second kappa shape index (κ2) is 6.62. The molecule has 2 aromatic heterocycles. The summed E-state index contributed by atoms with van der Waals surface area (Å²) in [4.78, 5) is 24.6. The smallest absolute Gasteiger partial charge is 0.269 e. The van der Waals surface area contributed by atoms with E-state index >= 15 is 0 Å². The molecule has 0 saturated carbocycles. The van der Waals surface area contributed by atoms with Crippen LogP contribution in [0.25, 0.3) is 0 Å². The van der Waals surface area contributed by atoms with E-state index in [2.05, 4.69) is 51.8 Å². The van der Waals surface area contributed by atoms with E-state index in [1.54, 1.807) is 0 Å². The molecule has 0 saturated heterocycles. The number of carbonyl (C=O) groups is 2. The molecule has 0 fully saturated rings. The molecule has 116 valence electrons. The zero-order valence-corrected chi connectivity index (χ0v) is 13.3. The Bertz CT molecular complexity index is 822. The minimum atomic E-state index is -0.716. The van der Waals surface area contributed by atoms with Crippen molar-refractivity contribution in [3.05, 3.63) is 63.1 Å². The van der Waals surface area contributed by atoms with Gasteiger partial charge in [-0.15, -0.1) is 21.5 Å². The standard InChI is InChI=1S/C16H14N4O2S/c1-10-2-4-11(5-3-10)6-12-7-13(23-9-12)8-14(21)15(22)16-17-19-20-18-16/h2-5,7,9H,6,8H2,1H3,(H,17,18,19,20). The van der Waals surface area contributed by atoms with Crippen LogP contribution in [0.3, 0.4) is 0 Å². The maximum atomic E-state index is 12.0. The van der Waals surface area contributed by atoms with Gasteiger partial charge in [0.2, 0.25) is 11.6 Å². The lowest BCUT2D eigenvalue weighted by Crippen LogP contribution is -2.17. The fourth-order valence-corrected chi connectivity index (χ4v) is 3.06. The molecule has 0 aliphatic carbocycles. The number of aromatic nitrogens is 4. The van der Waals surface area contributed by atoms with Gasteiger partial charge in [-0.25, -0.2) is 0 Å². The third-order valence-corrected chi connectivity index (χ3v) is 4.36. The first-order valence-corrected chi connectivity index (χ1v) is 7.92. The van der Waals surface area contributed by atoms with Gasteiger partial charge in [-0.2, -0.15) is 5.21 Å². The number of benzene rings is 1. The first kappa shape index (κ1) is 15.2. The Labute approximate surface area is 136 Å². The Morgan fingerprint density at radius 2 is 1.96 bits per heavy atom. The summed E-state index contributed by atoms with van der Waals surface area (Å²) in [5.74, 6) is -1.44. The van der Waals surface area contributed by atoms with Crippen LogP contribution in [0, 0.1) is 6.92 Å². The Balaban J connectivity index is 1.64. The van der Waals surface area contributed by atoms with Gasteiger partial charge < -0.3 is 0 Å². The molecule has 0 aliphatic rings. The summed E-state index contributed by atoms with van der Waals surface area (Å²) in [6, 6.07) is 10.3. The van der Waals surface area contributed by atoms with Crippen LogP contribution in [-0.2, 0) is 17.6 Å². The molecule has 6 nitrogen and oxygen atoms in total. The van der Waals surface area contributed by atoms with Gasteiger partial charge in [-0.3, -0.25) is 9.59 Å². The Morgan fingerprint density at radius 1 is 1.17 bits per heavy atom. The highest BCUT2D eigenvalue weighted by atomic mass is 32.1. The monoisotopic (exact) mass is 326 g/mol. The number of rotatable bonds is 6. The van der Waals surface area contributed by atoms with Crippen molar-refractivity contribution in [2.24, 2.45) is 0 Å². The lowest BCUT2D eigenvalue weighted by atomic mass is 10.1. The van der Waals surface area contributed by atoms with Gasteiger partial charge in [0.1, 0.15) is 0 Å². The normalized spacial score (nSPS) is 10.7. The zero-order valence-electron chi connectivity index (χ0n) is 12.4. The van der Waals surface area contributed by atoms with Gasteiger partial charge in [-0.05, 0) is 41.1 Å². The van der Waals surface area contributed by atoms with Crippen LogP contribution in [0.2, 0.25) is 0 Å². The number of carbonyl (C=O) groups excluding carboxylic acids is 2. The summed E-state index contributed by atoms with van der Waals surface area (Å²) in [7, 11) is 0. The molecule has 0 amide bonds. The molecule has 0 unspecified atom stereocenters. The topological polar surface area (TPSA) is 88.6 Å². The van der Waals surface area contributed by atoms with Crippen LogP contribution in [0.4, 0.5) is 0 Å². The summed E-state index contributed by atoms with van der Waals surface area (Å²) in [5.41, 5.74) is 3.58. The van der Waals surface area contributed by atoms with Crippen molar-refractivity contribution in [3.8, 4) is 0 Å². The summed E-state index contributed by atoms with van der Waals surface area (Å²) >= 11 is 1.48. The molecule has 3 aromatic rings. The van der Waals surface area contributed by atoms with Crippen LogP contribution in [-0.4, -0.2) is 32.2 Å². The molecule has 7 heteroatoms. The zero-order chi connectivity index (χ0) is 16.2. The van der Waals surface area contributed by atoms with Crippen molar-refractivity contribution in [3.63, 3.8) is 0 Å². The highest BCUT2D eigenvalue weighted by molar-refractivity contribution is 7.10. The molecule has 23 heavy (non-hydrogen) atoms. The molecule has 1 aromatic carbocycles. The number of thiophene rings is 1. The summed E-state index contributed by atoms with van der Waals surface area (Å²) < 4.78 is 0. The Hall–Kier alpha value is -2.67. The average molecular weight is 326 g/mol. The highest BCUT2D eigenvalue weighted by Crippen LogP contribution is 2.19. The summed E-state index contributed by atoms with van der Waals surface area (Å²) in [6.07, 6.45) is 0.871. The number of nitrogens with zero attached hydrogens (tertiary/aromatic N) is 3. The molecule has 0 radical (unpaired) electrons. The fourth-order valence-electron chi connectivity index (χ4n) is 2.17. The summed E-state index contributed by atoms with van der Waals surface area (Å²) in [5, 5.41) is 14.5. The number of hydrogen-bond donors (Lipinski definition) is 1. The quantitative estimate of drug-likeness (QED) is 0.554. The van der Waals surface area contributed by atoms with E-state index in [1.165, 1.54) is 22.5 Å². The SMILES string of the molecule is Cc1ccc(Cc2csc(CC(=O)C(=O)c3nn[nH]n3)c2)cc1. The van der Waals surface area contributed by atoms with Crippen molar-refractivity contribution in [1.29, 1.82) is 0 Å². The molecular weight excluding hydrogens is 312 g/mol. The van der Waals surface area contributed by atoms with Gasteiger partial charge in [0, 0.05) is 11.3 Å². The average Bonchev–Trinajstić information content (AvgIpc) is 3.21. The third-order valence-electron chi connectivity index (χ3n) is 3.37. The number of nitrogens with one attached hydrogen (secondary N) is 1. The van der Waals surface area contributed by atoms with Crippen molar-refractivity contribution in [2.75, 3.05) is 0 Å². The lowest BCUT2D eigenvalue weighted by molar-refractivity contribution is -0.114. The number of tetrazole rings is 1. The van der Waals surface area contributed by atoms with Crippen molar-refractivity contribution < 1.29 is 9.59 Å². The molecular formula is C16H14N4O2S. The molecule has 0 atom stereocenters. The molecule has 1 N–H and O–H groups in total.